The van der Waals surface area contributed by atoms with Crippen LogP contribution in [0.25, 0.3) is 0 Å². The summed E-state index contributed by atoms with van der Waals surface area (Å²) < 4.78 is 24.3. The molecule has 2 fully saturated rings. The number of aliphatic hydroxyl groups excluding tert-OH is 1. The third-order valence-electron chi connectivity index (χ3n) is 8.90. The Morgan fingerprint density at radius 2 is 1.90 bits per heavy atom. The van der Waals surface area contributed by atoms with Crippen molar-refractivity contribution >= 4 is 23.2 Å². The SMILES string of the molecule is C[C@H]1[C@H](C(C)(C)F)[C@@H](CCn2cc(CCO)nn2)O[C@]12C(=O)N(Cc1ccc(N3CCC3=O)cc1)c1ccccc12. The van der Waals surface area contributed by atoms with Crippen molar-refractivity contribution in [2.24, 2.45) is 11.8 Å². The number of amides is 2. The van der Waals surface area contributed by atoms with Gasteiger partial charge in [-0.3, -0.25) is 14.3 Å². The zero-order valence-corrected chi connectivity index (χ0v) is 23.7. The molecule has 0 saturated carbocycles. The van der Waals surface area contributed by atoms with Crippen LogP contribution in [-0.4, -0.2) is 56.8 Å². The van der Waals surface area contributed by atoms with Crippen molar-refractivity contribution in [3.05, 3.63) is 71.5 Å². The van der Waals surface area contributed by atoms with E-state index in [2.05, 4.69) is 10.3 Å². The average Bonchev–Trinajstić information content (AvgIpc) is 3.58. The number of anilines is 2. The zero-order valence-electron chi connectivity index (χ0n) is 23.7. The monoisotopic (exact) mass is 561 g/mol. The lowest BCUT2D eigenvalue weighted by atomic mass is 9.71. The summed E-state index contributed by atoms with van der Waals surface area (Å²) >= 11 is 0. The maximum atomic E-state index is 15.9. The first-order valence-corrected chi connectivity index (χ1v) is 14.3. The number of para-hydroxylation sites is 1. The van der Waals surface area contributed by atoms with Crippen molar-refractivity contribution in [1.29, 1.82) is 0 Å². The molecule has 10 heteroatoms. The third-order valence-corrected chi connectivity index (χ3v) is 8.90. The number of carbonyl (C=O) groups is 2. The number of fused-ring (bicyclic) bond motifs is 2. The lowest BCUT2D eigenvalue weighted by molar-refractivity contribution is -0.146. The number of ether oxygens (including phenoxy) is 1. The van der Waals surface area contributed by atoms with Crippen LogP contribution in [0.15, 0.2) is 54.7 Å². The molecule has 3 aliphatic heterocycles. The van der Waals surface area contributed by atoms with Crippen LogP contribution in [0.1, 0.15) is 50.4 Å². The summed E-state index contributed by atoms with van der Waals surface area (Å²) in [4.78, 5) is 29.8. The van der Waals surface area contributed by atoms with Gasteiger partial charge in [-0.2, -0.15) is 0 Å². The van der Waals surface area contributed by atoms with E-state index in [1.165, 1.54) is 0 Å². The second-order valence-corrected chi connectivity index (χ2v) is 11.9. The molecule has 41 heavy (non-hydrogen) atoms. The van der Waals surface area contributed by atoms with Crippen LogP contribution < -0.4 is 9.80 Å². The highest BCUT2D eigenvalue weighted by atomic mass is 19.1. The van der Waals surface area contributed by atoms with Gasteiger partial charge in [0.1, 0.15) is 5.67 Å². The Hall–Kier alpha value is -3.63. The molecule has 0 unspecified atom stereocenters. The molecule has 2 aromatic carbocycles. The quantitative estimate of drug-likeness (QED) is 0.399. The number of hydrogen-bond acceptors (Lipinski definition) is 6. The molecular formula is C31H36FN5O4. The van der Waals surface area contributed by atoms with Gasteiger partial charge in [0.15, 0.2) is 5.60 Å². The number of hydrogen-bond donors (Lipinski definition) is 1. The number of nitrogens with zero attached hydrogens (tertiary/aromatic N) is 5. The van der Waals surface area contributed by atoms with Gasteiger partial charge in [0, 0.05) is 61.8 Å². The number of aromatic nitrogens is 3. The van der Waals surface area contributed by atoms with Crippen molar-refractivity contribution in [2.45, 2.75) is 70.5 Å². The van der Waals surface area contributed by atoms with Gasteiger partial charge in [-0.15, -0.1) is 5.10 Å². The molecule has 3 aliphatic rings. The minimum absolute atomic E-state index is 0.0110. The predicted molar refractivity (Wildman–Crippen MR) is 151 cm³/mol. The predicted octanol–water partition coefficient (Wildman–Crippen LogP) is 3.78. The van der Waals surface area contributed by atoms with Crippen molar-refractivity contribution < 1.29 is 23.8 Å². The molecule has 9 nitrogen and oxygen atoms in total. The minimum atomic E-state index is -1.59. The van der Waals surface area contributed by atoms with Crippen LogP contribution in [-0.2, 0) is 39.4 Å². The molecule has 1 N–H and O–H groups in total. The van der Waals surface area contributed by atoms with Gasteiger partial charge >= 0.3 is 0 Å². The van der Waals surface area contributed by atoms with Crippen LogP contribution in [0, 0.1) is 11.8 Å². The van der Waals surface area contributed by atoms with Gasteiger partial charge in [0.25, 0.3) is 5.91 Å². The van der Waals surface area contributed by atoms with Crippen molar-refractivity contribution in [3.63, 3.8) is 0 Å². The molecule has 1 spiro atoms. The Morgan fingerprint density at radius 3 is 2.56 bits per heavy atom. The minimum Gasteiger partial charge on any atom is -0.396 e. The highest BCUT2D eigenvalue weighted by Crippen LogP contribution is 2.58. The summed E-state index contributed by atoms with van der Waals surface area (Å²) in [5.74, 6) is -1.03. The van der Waals surface area contributed by atoms with Crippen LogP contribution in [0.5, 0.6) is 0 Å². The average molecular weight is 562 g/mol. The second kappa shape index (κ2) is 10.3. The van der Waals surface area contributed by atoms with E-state index in [0.29, 0.717) is 38.0 Å². The van der Waals surface area contributed by atoms with Crippen molar-refractivity contribution in [2.75, 3.05) is 23.0 Å². The Bertz CT molecular complexity index is 1450. The van der Waals surface area contributed by atoms with E-state index in [1.54, 1.807) is 34.5 Å². The maximum Gasteiger partial charge on any atom is 0.264 e. The van der Waals surface area contributed by atoms with Crippen LogP contribution >= 0.6 is 0 Å². The van der Waals surface area contributed by atoms with Crippen LogP contribution in [0.2, 0.25) is 0 Å². The zero-order chi connectivity index (χ0) is 28.9. The standard InChI is InChI=1S/C31H36FN5O4/c1-20-28(30(2,3)32)26(12-15-35-19-22(14-17-38)33-34-35)41-31(20)24-6-4-5-7-25(24)37(29(31)40)18-21-8-10-23(11-9-21)36-16-13-27(36)39/h4-11,19-20,26,28,38H,12-18H2,1-3H3/t20-,26+,28-,31+/m0/s1. The Kier molecular flexibility index (Phi) is 6.94. The van der Waals surface area contributed by atoms with Gasteiger partial charge < -0.3 is 19.6 Å². The summed E-state index contributed by atoms with van der Waals surface area (Å²) in [6.07, 6.45) is 2.70. The summed E-state index contributed by atoms with van der Waals surface area (Å²) in [7, 11) is 0. The Balaban J connectivity index is 1.28. The van der Waals surface area contributed by atoms with Gasteiger partial charge in [-0.1, -0.05) is 42.5 Å². The molecule has 2 saturated heterocycles. The Morgan fingerprint density at radius 1 is 1.15 bits per heavy atom. The summed E-state index contributed by atoms with van der Waals surface area (Å²) in [6.45, 7) is 6.55. The number of halogens is 1. The van der Waals surface area contributed by atoms with Crippen LogP contribution in [0.4, 0.5) is 15.8 Å². The molecule has 216 valence electrons. The van der Waals surface area contributed by atoms with Crippen molar-refractivity contribution in [1.82, 2.24) is 15.0 Å². The smallest absolute Gasteiger partial charge is 0.264 e. The molecule has 6 rings (SSSR count). The van der Waals surface area contributed by atoms with E-state index in [9.17, 15) is 14.7 Å². The summed E-state index contributed by atoms with van der Waals surface area (Å²) in [6, 6.07) is 15.4. The lowest BCUT2D eigenvalue weighted by Crippen LogP contribution is -2.45. The number of benzene rings is 2. The van der Waals surface area contributed by atoms with E-state index in [1.807, 2.05) is 55.5 Å². The van der Waals surface area contributed by atoms with E-state index in [4.69, 9.17) is 4.74 Å². The second-order valence-electron chi connectivity index (χ2n) is 11.9. The molecule has 1 aromatic heterocycles. The maximum absolute atomic E-state index is 15.9. The van der Waals surface area contributed by atoms with Gasteiger partial charge in [-0.05, 0) is 44.0 Å². The number of carbonyl (C=O) groups excluding carboxylic acids is 2. The fourth-order valence-corrected chi connectivity index (χ4v) is 6.92. The number of aryl methyl sites for hydroxylation is 1. The number of β-lactam (4-membered cyclic amide) rings is 1. The normalized spacial score (nSPS) is 25.7. The largest absolute Gasteiger partial charge is 0.396 e. The highest BCUT2D eigenvalue weighted by molar-refractivity contribution is 6.07. The third kappa shape index (κ3) is 4.63. The molecule has 4 heterocycles. The van der Waals surface area contributed by atoms with Gasteiger partial charge in [-0.25, -0.2) is 4.39 Å². The molecular weight excluding hydrogens is 525 g/mol. The van der Waals surface area contributed by atoms with Crippen molar-refractivity contribution in [3.8, 4) is 0 Å². The first-order valence-electron chi connectivity index (χ1n) is 14.3. The number of alkyl halides is 1. The number of aliphatic hydroxyl groups is 1. The van der Waals surface area contributed by atoms with Gasteiger partial charge in [0.2, 0.25) is 5.91 Å². The summed E-state index contributed by atoms with van der Waals surface area (Å²) in [5, 5.41) is 17.4. The van der Waals surface area contributed by atoms with E-state index in [0.717, 1.165) is 29.0 Å². The summed E-state index contributed by atoms with van der Waals surface area (Å²) in [5.41, 5.74) is 1.11. The first kappa shape index (κ1) is 27.5. The van der Waals surface area contributed by atoms with Crippen LogP contribution in [0.3, 0.4) is 0 Å². The molecule has 3 aromatic rings. The van der Waals surface area contributed by atoms with E-state index < -0.39 is 29.2 Å². The highest BCUT2D eigenvalue weighted by Gasteiger charge is 2.66. The van der Waals surface area contributed by atoms with E-state index >= 15 is 4.39 Å². The van der Waals surface area contributed by atoms with Gasteiger partial charge in [0.05, 0.1) is 24.0 Å². The van der Waals surface area contributed by atoms with E-state index in [-0.39, 0.29) is 18.4 Å². The fourth-order valence-electron chi connectivity index (χ4n) is 6.92. The molecule has 0 bridgehead atoms. The first-order chi connectivity index (χ1) is 19.6. The lowest BCUT2D eigenvalue weighted by Gasteiger charge is -2.32. The molecule has 0 aliphatic carbocycles. The molecule has 0 radical (unpaired) electrons. The molecule has 4 atom stereocenters. The topological polar surface area (TPSA) is 101 Å². The Labute approximate surface area is 238 Å². The number of rotatable bonds is 9. The molecule has 2 amide bonds. The fraction of sp³-hybridized carbons (Fsp3) is 0.484.